The van der Waals surface area contributed by atoms with Crippen LogP contribution >= 0.6 is 0 Å². The van der Waals surface area contributed by atoms with Gasteiger partial charge in [-0.05, 0) is 18.6 Å². The van der Waals surface area contributed by atoms with Crippen molar-refractivity contribution in [2.45, 2.75) is 13.3 Å². The van der Waals surface area contributed by atoms with E-state index in [1.165, 1.54) is 37.2 Å². The Morgan fingerprint density at radius 1 is 1.35 bits per heavy atom. The molecule has 20 heavy (non-hydrogen) atoms. The molecule has 1 aromatic carbocycles. The SMILES string of the molecule is CCOC(=O)Cc1ccc([N+](=O)[O-])c(C(=O)N(C)C)c1. The van der Waals surface area contributed by atoms with E-state index in [4.69, 9.17) is 4.74 Å². The number of nitro benzene ring substituents is 1. The first-order valence-corrected chi connectivity index (χ1v) is 6.01. The van der Waals surface area contributed by atoms with Gasteiger partial charge in [-0.2, -0.15) is 0 Å². The number of esters is 1. The van der Waals surface area contributed by atoms with Gasteiger partial charge >= 0.3 is 5.97 Å². The molecular weight excluding hydrogens is 264 g/mol. The molecule has 0 N–H and O–H groups in total. The monoisotopic (exact) mass is 280 g/mol. The summed E-state index contributed by atoms with van der Waals surface area (Å²) in [6.45, 7) is 1.95. The fourth-order valence-corrected chi connectivity index (χ4v) is 1.64. The van der Waals surface area contributed by atoms with Gasteiger partial charge in [0.05, 0.1) is 18.0 Å². The molecule has 0 saturated heterocycles. The van der Waals surface area contributed by atoms with E-state index in [2.05, 4.69) is 0 Å². The molecule has 0 heterocycles. The summed E-state index contributed by atoms with van der Waals surface area (Å²) in [7, 11) is 3.01. The Kier molecular flexibility index (Phi) is 5.19. The van der Waals surface area contributed by atoms with Crippen LogP contribution < -0.4 is 0 Å². The zero-order valence-corrected chi connectivity index (χ0v) is 11.6. The van der Waals surface area contributed by atoms with E-state index in [-0.39, 0.29) is 24.3 Å². The van der Waals surface area contributed by atoms with Gasteiger partial charge in [0.2, 0.25) is 0 Å². The van der Waals surface area contributed by atoms with Gasteiger partial charge in [-0.15, -0.1) is 0 Å². The molecule has 0 aromatic heterocycles. The Bertz CT molecular complexity index is 540. The minimum Gasteiger partial charge on any atom is -0.466 e. The molecule has 108 valence electrons. The summed E-state index contributed by atoms with van der Waals surface area (Å²) in [5.41, 5.74) is 0.178. The molecule has 1 aromatic rings. The van der Waals surface area contributed by atoms with Crippen molar-refractivity contribution in [1.29, 1.82) is 0 Å². The second kappa shape index (κ2) is 6.65. The Morgan fingerprint density at radius 3 is 2.50 bits per heavy atom. The van der Waals surface area contributed by atoms with Crippen molar-refractivity contribution in [3.63, 3.8) is 0 Å². The normalized spacial score (nSPS) is 9.95. The third-order valence-electron chi connectivity index (χ3n) is 2.55. The smallest absolute Gasteiger partial charge is 0.310 e. The van der Waals surface area contributed by atoms with Crippen LogP contribution in [-0.2, 0) is 16.0 Å². The van der Waals surface area contributed by atoms with Crippen molar-refractivity contribution in [3.8, 4) is 0 Å². The number of hydrogen-bond donors (Lipinski definition) is 0. The number of nitro groups is 1. The van der Waals surface area contributed by atoms with Crippen molar-refractivity contribution in [1.82, 2.24) is 4.90 Å². The van der Waals surface area contributed by atoms with E-state index in [1.807, 2.05) is 0 Å². The van der Waals surface area contributed by atoms with Crippen LogP contribution in [0.4, 0.5) is 5.69 Å². The third-order valence-corrected chi connectivity index (χ3v) is 2.55. The molecule has 7 heteroatoms. The Labute approximate surface area is 116 Å². The van der Waals surface area contributed by atoms with Gasteiger partial charge < -0.3 is 9.64 Å². The average molecular weight is 280 g/mol. The lowest BCUT2D eigenvalue weighted by atomic mass is 10.1. The first-order valence-electron chi connectivity index (χ1n) is 6.01. The fourth-order valence-electron chi connectivity index (χ4n) is 1.64. The molecule has 7 nitrogen and oxygen atoms in total. The molecule has 0 aliphatic carbocycles. The zero-order chi connectivity index (χ0) is 15.3. The maximum absolute atomic E-state index is 11.9. The van der Waals surface area contributed by atoms with Crippen LogP contribution in [0, 0.1) is 10.1 Å². The summed E-state index contributed by atoms with van der Waals surface area (Å²) in [6.07, 6.45) is -0.0282. The summed E-state index contributed by atoms with van der Waals surface area (Å²) in [5, 5.41) is 10.9. The van der Waals surface area contributed by atoms with E-state index >= 15 is 0 Å². The number of nitrogens with zero attached hydrogens (tertiary/aromatic N) is 2. The van der Waals surface area contributed by atoms with Crippen molar-refractivity contribution in [3.05, 3.63) is 39.4 Å². The van der Waals surface area contributed by atoms with Crippen LogP contribution in [-0.4, -0.2) is 42.4 Å². The van der Waals surface area contributed by atoms with Crippen molar-refractivity contribution in [2.24, 2.45) is 0 Å². The highest BCUT2D eigenvalue weighted by atomic mass is 16.6. The van der Waals surface area contributed by atoms with Crippen LogP contribution in [0.15, 0.2) is 18.2 Å². The Balaban J connectivity index is 3.14. The van der Waals surface area contributed by atoms with Crippen LogP contribution in [0.25, 0.3) is 0 Å². The molecule has 0 aliphatic heterocycles. The molecule has 0 aliphatic rings. The lowest BCUT2D eigenvalue weighted by Crippen LogP contribution is -2.23. The largest absolute Gasteiger partial charge is 0.466 e. The molecule has 0 unspecified atom stereocenters. The molecule has 0 spiro atoms. The van der Waals surface area contributed by atoms with Crippen LogP contribution in [0.5, 0.6) is 0 Å². The number of rotatable bonds is 5. The van der Waals surface area contributed by atoms with Crippen molar-refractivity contribution in [2.75, 3.05) is 20.7 Å². The van der Waals surface area contributed by atoms with Gasteiger partial charge in [0.25, 0.3) is 11.6 Å². The highest BCUT2D eigenvalue weighted by Gasteiger charge is 2.22. The topological polar surface area (TPSA) is 89.7 Å². The number of benzene rings is 1. The van der Waals surface area contributed by atoms with Gasteiger partial charge in [-0.3, -0.25) is 19.7 Å². The van der Waals surface area contributed by atoms with E-state index < -0.39 is 16.8 Å². The number of amides is 1. The van der Waals surface area contributed by atoms with Crippen LogP contribution in [0.1, 0.15) is 22.8 Å². The van der Waals surface area contributed by atoms with E-state index in [0.717, 1.165) is 0 Å². The van der Waals surface area contributed by atoms with Gasteiger partial charge in [0.1, 0.15) is 5.56 Å². The van der Waals surface area contributed by atoms with E-state index in [0.29, 0.717) is 5.56 Å². The minimum atomic E-state index is -0.620. The van der Waals surface area contributed by atoms with Crippen LogP contribution in [0.3, 0.4) is 0 Å². The molecule has 1 rings (SSSR count). The quantitative estimate of drug-likeness (QED) is 0.462. The standard InChI is InChI=1S/C13H16N2O5/c1-4-20-12(16)8-9-5-6-11(15(18)19)10(7-9)13(17)14(2)3/h5-7H,4,8H2,1-3H3. The predicted molar refractivity (Wildman–Crippen MR) is 71.5 cm³/mol. The summed E-state index contributed by atoms with van der Waals surface area (Å²) < 4.78 is 4.80. The molecule has 0 fully saturated rings. The second-order valence-electron chi connectivity index (χ2n) is 4.29. The Morgan fingerprint density at radius 2 is 2.00 bits per heavy atom. The summed E-state index contributed by atoms with van der Waals surface area (Å²) >= 11 is 0. The Hall–Kier alpha value is -2.44. The van der Waals surface area contributed by atoms with Crippen molar-refractivity contribution < 1.29 is 19.2 Å². The van der Waals surface area contributed by atoms with Crippen LogP contribution in [0.2, 0.25) is 0 Å². The minimum absolute atomic E-state index is 0.0282. The third kappa shape index (κ3) is 3.78. The summed E-state index contributed by atoms with van der Waals surface area (Å²) in [4.78, 5) is 34.9. The number of hydrogen-bond acceptors (Lipinski definition) is 5. The van der Waals surface area contributed by atoms with Gasteiger partial charge in [-0.25, -0.2) is 0 Å². The number of carbonyl (C=O) groups excluding carboxylic acids is 2. The number of carbonyl (C=O) groups is 2. The van der Waals surface area contributed by atoms with Gasteiger partial charge in [0.15, 0.2) is 0 Å². The zero-order valence-electron chi connectivity index (χ0n) is 11.6. The first-order chi connectivity index (χ1) is 9.36. The van der Waals surface area contributed by atoms with E-state index in [9.17, 15) is 19.7 Å². The predicted octanol–water partition coefficient (Wildman–Crippen LogP) is 1.40. The number of ether oxygens (including phenoxy) is 1. The second-order valence-corrected chi connectivity index (χ2v) is 4.29. The average Bonchev–Trinajstić information content (AvgIpc) is 2.37. The highest BCUT2D eigenvalue weighted by Crippen LogP contribution is 2.21. The van der Waals surface area contributed by atoms with Gasteiger partial charge in [0, 0.05) is 20.2 Å². The lowest BCUT2D eigenvalue weighted by molar-refractivity contribution is -0.385. The highest BCUT2D eigenvalue weighted by molar-refractivity contribution is 5.98. The van der Waals surface area contributed by atoms with E-state index in [1.54, 1.807) is 6.92 Å². The fraction of sp³-hybridized carbons (Fsp3) is 0.385. The van der Waals surface area contributed by atoms with Gasteiger partial charge in [-0.1, -0.05) is 6.07 Å². The molecule has 1 amide bonds. The molecule has 0 saturated carbocycles. The first kappa shape index (κ1) is 15.6. The molecular formula is C13H16N2O5. The molecule has 0 bridgehead atoms. The maximum atomic E-state index is 11.9. The molecule has 0 radical (unpaired) electrons. The maximum Gasteiger partial charge on any atom is 0.310 e. The lowest BCUT2D eigenvalue weighted by Gasteiger charge is -2.11. The summed E-state index contributed by atoms with van der Waals surface area (Å²) in [5.74, 6) is -0.924. The molecule has 0 atom stereocenters. The van der Waals surface area contributed by atoms with Crippen molar-refractivity contribution >= 4 is 17.6 Å². The summed E-state index contributed by atoms with van der Waals surface area (Å²) in [6, 6.07) is 4.03.